The summed E-state index contributed by atoms with van der Waals surface area (Å²) >= 11 is 11.5. The summed E-state index contributed by atoms with van der Waals surface area (Å²) in [6, 6.07) is 0.510. The summed E-state index contributed by atoms with van der Waals surface area (Å²) in [4.78, 5) is 26.8. The molecule has 0 aliphatic carbocycles. The Balaban J connectivity index is 2.73. The number of alkyl halides is 3. The van der Waals surface area contributed by atoms with Crippen LogP contribution >= 0.6 is 23.2 Å². The summed E-state index contributed by atoms with van der Waals surface area (Å²) < 4.78 is 44.8. The van der Waals surface area contributed by atoms with Crippen molar-refractivity contribution in [2.75, 3.05) is 12.4 Å². The Hall–Kier alpha value is -2.93. The third-order valence-corrected chi connectivity index (χ3v) is 3.74. The van der Waals surface area contributed by atoms with Crippen molar-refractivity contribution >= 4 is 46.2 Å². The highest BCUT2D eigenvalue weighted by atomic mass is 35.5. The van der Waals surface area contributed by atoms with Gasteiger partial charge in [0.15, 0.2) is 5.15 Å². The van der Waals surface area contributed by atoms with Gasteiger partial charge in [0.1, 0.15) is 10.7 Å². The summed E-state index contributed by atoms with van der Waals surface area (Å²) in [5, 5.41) is 23.4. The second kappa shape index (κ2) is 7.36. The van der Waals surface area contributed by atoms with Crippen molar-refractivity contribution in [2.24, 2.45) is 0 Å². The number of benzene rings is 1. The second-order valence-corrected chi connectivity index (χ2v) is 5.42. The standard InChI is InChI=1S/C12H6Cl2F3N5O5/c1-27-10-7(13)9(14)19-11(20-10)18-8-5(12(15,16)17)2-4(21(23)24)3-6(8)22(25)26/h2-3H,1H3,(H,18,19,20). The van der Waals surface area contributed by atoms with E-state index in [0.717, 1.165) is 7.11 Å². The molecule has 144 valence electrons. The Labute approximate surface area is 157 Å². The Kier molecular flexibility index (Phi) is 5.56. The van der Waals surface area contributed by atoms with Crippen molar-refractivity contribution in [1.29, 1.82) is 0 Å². The number of hydrogen-bond donors (Lipinski definition) is 1. The number of halogens is 5. The number of non-ortho nitro benzene ring substituents is 1. The molecule has 2 aromatic rings. The number of hydrogen-bond acceptors (Lipinski definition) is 8. The molecule has 1 N–H and O–H groups in total. The van der Waals surface area contributed by atoms with E-state index in [2.05, 4.69) is 9.97 Å². The topological polar surface area (TPSA) is 133 Å². The predicted molar refractivity (Wildman–Crippen MR) is 86.6 cm³/mol. The molecule has 15 heteroatoms. The Morgan fingerprint density at radius 2 is 1.78 bits per heavy atom. The van der Waals surface area contributed by atoms with Crippen LogP contribution in [0.4, 0.5) is 36.2 Å². The van der Waals surface area contributed by atoms with Gasteiger partial charge in [0.25, 0.3) is 11.4 Å². The molecule has 0 aliphatic rings. The van der Waals surface area contributed by atoms with E-state index in [1.165, 1.54) is 0 Å². The summed E-state index contributed by atoms with van der Waals surface area (Å²) in [5.74, 6) is -0.916. The highest BCUT2D eigenvalue weighted by molar-refractivity contribution is 6.42. The molecular formula is C12H6Cl2F3N5O5. The number of ether oxygens (including phenoxy) is 1. The van der Waals surface area contributed by atoms with Crippen molar-refractivity contribution < 1.29 is 27.8 Å². The Morgan fingerprint density at radius 1 is 1.15 bits per heavy atom. The van der Waals surface area contributed by atoms with E-state index in [1.54, 1.807) is 0 Å². The quantitative estimate of drug-likeness (QED) is 0.422. The van der Waals surface area contributed by atoms with Crippen molar-refractivity contribution in [3.8, 4) is 5.88 Å². The lowest BCUT2D eigenvalue weighted by Gasteiger charge is -2.14. The number of nitrogens with one attached hydrogen (secondary N) is 1. The highest BCUT2D eigenvalue weighted by Gasteiger charge is 2.40. The first-order chi connectivity index (χ1) is 12.5. The fourth-order valence-electron chi connectivity index (χ4n) is 1.92. The molecule has 0 saturated heterocycles. The zero-order valence-electron chi connectivity index (χ0n) is 12.9. The van der Waals surface area contributed by atoms with Crippen molar-refractivity contribution in [1.82, 2.24) is 9.97 Å². The number of nitro groups is 2. The number of methoxy groups -OCH3 is 1. The highest BCUT2D eigenvalue weighted by Crippen LogP contribution is 2.43. The fraction of sp³-hybridized carbons (Fsp3) is 0.167. The molecular weight excluding hydrogens is 422 g/mol. The van der Waals surface area contributed by atoms with Crippen molar-refractivity contribution in [2.45, 2.75) is 6.18 Å². The molecule has 1 aromatic carbocycles. The first-order valence-corrected chi connectivity index (χ1v) is 7.29. The average molecular weight is 428 g/mol. The number of rotatable bonds is 5. The molecule has 27 heavy (non-hydrogen) atoms. The molecule has 0 saturated carbocycles. The van der Waals surface area contributed by atoms with E-state index < -0.39 is 49.7 Å². The monoisotopic (exact) mass is 427 g/mol. The molecule has 1 aromatic heterocycles. The molecule has 10 nitrogen and oxygen atoms in total. The van der Waals surface area contributed by atoms with E-state index in [1.807, 2.05) is 5.32 Å². The molecule has 0 bridgehead atoms. The van der Waals surface area contributed by atoms with Crippen molar-refractivity contribution in [3.05, 3.63) is 48.1 Å². The molecule has 0 radical (unpaired) electrons. The van der Waals surface area contributed by atoms with Crippen LogP contribution in [-0.2, 0) is 6.18 Å². The van der Waals surface area contributed by atoms with Crippen LogP contribution in [0.25, 0.3) is 0 Å². The van der Waals surface area contributed by atoms with Crippen LogP contribution in [0.5, 0.6) is 5.88 Å². The SMILES string of the molecule is COc1nc(Nc2c([N+](=O)[O-])cc([N+](=O)[O-])cc2C(F)(F)F)nc(Cl)c1Cl. The third-order valence-electron chi connectivity index (χ3n) is 3.03. The lowest BCUT2D eigenvalue weighted by Crippen LogP contribution is -2.13. The first-order valence-electron chi connectivity index (χ1n) is 6.53. The largest absolute Gasteiger partial charge is 0.480 e. The van der Waals surface area contributed by atoms with Gasteiger partial charge < -0.3 is 10.1 Å². The van der Waals surface area contributed by atoms with Crippen LogP contribution < -0.4 is 10.1 Å². The van der Waals surface area contributed by atoms with Crippen LogP contribution in [0.3, 0.4) is 0 Å². The van der Waals surface area contributed by atoms with Crippen molar-refractivity contribution in [3.63, 3.8) is 0 Å². The maximum absolute atomic E-state index is 13.3. The summed E-state index contributed by atoms with van der Waals surface area (Å²) in [6.45, 7) is 0. The average Bonchev–Trinajstić information content (AvgIpc) is 2.56. The summed E-state index contributed by atoms with van der Waals surface area (Å²) in [6.07, 6.45) is -5.17. The zero-order chi connectivity index (χ0) is 20.5. The number of anilines is 2. The molecule has 0 amide bonds. The van der Waals surface area contributed by atoms with Gasteiger partial charge in [0.2, 0.25) is 11.8 Å². The van der Waals surface area contributed by atoms with Gasteiger partial charge in [-0.25, -0.2) is 0 Å². The van der Waals surface area contributed by atoms with Crippen LogP contribution in [0.1, 0.15) is 5.56 Å². The maximum atomic E-state index is 13.3. The minimum atomic E-state index is -5.17. The summed E-state index contributed by atoms with van der Waals surface area (Å²) in [5.41, 5.74) is -5.12. The van der Waals surface area contributed by atoms with E-state index >= 15 is 0 Å². The summed E-state index contributed by atoms with van der Waals surface area (Å²) in [7, 11) is 1.14. The number of nitrogens with zero attached hydrogens (tertiary/aromatic N) is 4. The van der Waals surface area contributed by atoms with Gasteiger partial charge in [-0.05, 0) is 0 Å². The van der Waals surface area contributed by atoms with Crippen LogP contribution in [0, 0.1) is 20.2 Å². The Bertz CT molecular complexity index is 941. The van der Waals surface area contributed by atoms with Crippen LogP contribution in [-0.4, -0.2) is 26.9 Å². The fourth-order valence-corrected chi connectivity index (χ4v) is 2.24. The van der Waals surface area contributed by atoms with Gasteiger partial charge in [-0.1, -0.05) is 23.2 Å². The maximum Gasteiger partial charge on any atom is 0.418 e. The first kappa shape index (κ1) is 20.4. The molecule has 0 atom stereocenters. The molecule has 1 heterocycles. The molecule has 0 spiro atoms. The Morgan fingerprint density at radius 3 is 2.26 bits per heavy atom. The number of aromatic nitrogens is 2. The normalized spacial score (nSPS) is 11.2. The van der Waals surface area contributed by atoms with Gasteiger partial charge in [-0.3, -0.25) is 20.2 Å². The van der Waals surface area contributed by atoms with Gasteiger partial charge >= 0.3 is 6.18 Å². The molecule has 0 fully saturated rings. The lowest BCUT2D eigenvalue weighted by molar-refractivity contribution is -0.394. The van der Waals surface area contributed by atoms with Gasteiger partial charge in [0.05, 0.1) is 28.6 Å². The van der Waals surface area contributed by atoms with Gasteiger partial charge in [0, 0.05) is 6.07 Å². The zero-order valence-corrected chi connectivity index (χ0v) is 14.4. The minimum absolute atomic E-state index is 0.143. The predicted octanol–water partition coefficient (Wildman–Crippen LogP) is 4.37. The molecule has 0 aliphatic heterocycles. The van der Waals surface area contributed by atoms with E-state index in [0.29, 0.717) is 6.07 Å². The van der Waals surface area contributed by atoms with E-state index in [4.69, 9.17) is 27.9 Å². The van der Waals surface area contributed by atoms with Crippen LogP contribution in [0.2, 0.25) is 10.2 Å². The second-order valence-electron chi connectivity index (χ2n) is 4.69. The van der Waals surface area contributed by atoms with E-state index in [9.17, 15) is 33.4 Å². The van der Waals surface area contributed by atoms with Gasteiger partial charge in [-0.15, -0.1) is 0 Å². The van der Waals surface area contributed by atoms with Gasteiger partial charge in [-0.2, -0.15) is 23.1 Å². The molecule has 2 rings (SSSR count). The van der Waals surface area contributed by atoms with Crippen LogP contribution in [0.15, 0.2) is 12.1 Å². The minimum Gasteiger partial charge on any atom is -0.480 e. The third kappa shape index (κ3) is 4.25. The lowest BCUT2D eigenvalue weighted by atomic mass is 10.1. The number of nitro benzene ring substituents is 2. The van der Waals surface area contributed by atoms with E-state index in [-0.39, 0.29) is 17.0 Å². The molecule has 0 unspecified atom stereocenters. The smallest absolute Gasteiger partial charge is 0.418 e.